The van der Waals surface area contributed by atoms with Crippen molar-refractivity contribution in [1.29, 1.82) is 0 Å². The van der Waals surface area contributed by atoms with Crippen molar-refractivity contribution < 1.29 is 9.59 Å². The van der Waals surface area contributed by atoms with Crippen molar-refractivity contribution >= 4 is 23.3 Å². The number of rotatable bonds is 9. The molecule has 2 aliphatic rings. The van der Waals surface area contributed by atoms with Gasteiger partial charge in [0.15, 0.2) is 11.5 Å². The number of anilines is 1. The molecule has 8 nitrogen and oxygen atoms in total. The van der Waals surface area contributed by atoms with Gasteiger partial charge in [0, 0.05) is 47.1 Å². The highest BCUT2D eigenvalue weighted by atomic mass is 16.2. The van der Waals surface area contributed by atoms with Crippen LogP contribution in [0, 0.1) is 5.92 Å². The van der Waals surface area contributed by atoms with Crippen LogP contribution in [-0.2, 0) is 0 Å². The summed E-state index contributed by atoms with van der Waals surface area (Å²) in [6.45, 7) is 5.06. The van der Waals surface area contributed by atoms with Crippen molar-refractivity contribution in [2.24, 2.45) is 5.92 Å². The first-order valence-electron chi connectivity index (χ1n) is 13.4. The first kappa shape index (κ1) is 24.2. The standard InChI is InChI=1S/C30H32N6O2/c1-18(2)15-31-27-28-32-16-26(20-5-9-22(10-6-20)30(38)34-24-13-14-24)36(28)17-25(35-27)19-3-7-21(8-4-19)29(37)33-23-11-12-23/h3-10,16-18,23-24H,11-15H2,1-2H3,(H,31,35)(H,33,37)(H,34,38). The van der Waals surface area contributed by atoms with Crippen LogP contribution in [0.3, 0.4) is 0 Å². The molecule has 2 amide bonds. The Hall–Kier alpha value is -4.20. The maximum Gasteiger partial charge on any atom is 0.251 e. The van der Waals surface area contributed by atoms with Crippen LogP contribution < -0.4 is 16.0 Å². The van der Waals surface area contributed by atoms with Crippen LogP contribution >= 0.6 is 0 Å². The van der Waals surface area contributed by atoms with Crippen molar-refractivity contribution in [2.45, 2.75) is 51.6 Å². The van der Waals surface area contributed by atoms with Crippen LogP contribution in [0.2, 0.25) is 0 Å². The summed E-state index contributed by atoms with van der Waals surface area (Å²) in [6, 6.07) is 15.8. The van der Waals surface area contributed by atoms with Crippen LogP contribution in [0.15, 0.2) is 60.9 Å². The van der Waals surface area contributed by atoms with Crippen LogP contribution in [0.25, 0.3) is 28.2 Å². The largest absolute Gasteiger partial charge is 0.367 e. The number of carbonyl (C=O) groups is 2. The molecule has 0 saturated heterocycles. The Morgan fingerprint density at radius 2 is 1.42 bits per heavy atom. The molecule has 2 aromatic heterocycles. The first-order chi connectivity index (χ1) is 18.4. The van der Waals surface area contributed by atoms with Gasteiger partial charge >= 0.3 is 0 Å². The summed E-state index contributed by atoms with van der Waals surface area (Å²) in [7, 11) is 0. The third kappa shape index (κ3) is 5.25. The molecule has 4 aromatic rings. The average Bonchev–Trinajstić information content (AvgIpc) is 3.86. The molecule has 0 unspecified atom stereocenters. The number of amides is 2. The molecule has 38 heavy (non-hydrogen) atoms. The molecule has 0 radical (unpaired) electrons. The van der Waals surface area contributed by atoms with Gasteiger partial charge in [0.2, 0.25) is 0 Å². The number of nitrogens with zero attached hydrogens (tertiary/aromatic N) is 3. The summed E-state index contributed by atoms with van der Waals surface area (Å²) >= 11 is 0. The molecule has 8 heteroatoms. The van der Waals surface area contributed by atoms with E-state index in [1.807, 2.05) is 65.3 Å². The smallest absolute Gasteiger partial charge is 0.251 e. The van der Waals surface area contributed by atoms with Gasteiger partial charge < -0.3 is 16.0 Å². The highest BCUT2D eigenvalue weighted by molar-refractivity contribution is 5.95. The van der Waals surface area contributed by atoms with Crippen LogP contribution in [0.4, 0.5) is 5.82 Å². The van der Waals surface area contributed by atoms with E-state index in [-0.39, 0.29) is 11.8 Å². The van der Waals surface area contributed by atoms with E-state index < -0.39 is 0 Å². The zero-order valence-electron chi connectivity index (χ0n) is 21.7. The van der Waals surface area contributed by atoms with Crippen molar-refractivity contribution in [2.75, 3.05) is 11.9 Å². The van der Waals surface area contributed by atoms with Gasteiger partial charge in [-0.25, -0.2) is 9.97 Å². The predicted molar refractivity (Wildman–Crippen MR) is 148 cm³/mol. The van der Waals surface area contributed by atoms with E-state index in [0.717, 1.165) is 60.4 Å². The van der Waals surface area contributed by atoms with Crippen molar-refractivity contribution in [3.63, 3.8) is 0 Å². The molecule has 0 aliphatic heterocycles. The van der Waals surface area contributed by atoms with Gasteiger partial charge in [0.25, 0.3) is 11.8 Å². The lowest BCUT2D eigenvalue weighted by Gasteiger charge is -2.13. The van der Waals surface area contributed by atoms with E-state index in [4.69, 9.17) is 4.98 Å². The monoisotopic (exact) mass is 508 g/mol. The Labute approximate surface area is 221 Å². The molecule has 2 fully saturated rings. The minimum Gasteiger partial charge on any atom is -0.367 e. The lowest BCUT2D eigenvalue weighted by Crippen LogP contribution is -2.25. The SMILES string of the molecule is CC(C)CNc1nc(-c2ccc(C(=O)NC3CC3)cc2)cn2c(-c3ccc(C(=O)NC4CC4)cc3)cnc12. The zero-order valence-corrected chi connectivity index (χ0v) is 21.7. The number of fused-ring (bicyclic) bond motifs is 1. The van der Waals surface area contributed by atoms with Gasteiger partial charge in [-0.2, -0.15) is 0 Å². The van der Waals surface area contributed by atoms with E-state index in [9.17, 15) is 9.59 Å². The third-order valence-electron chi connectivity index (χ3n) is 6.88. The zero-order chi connectivity index (χ0) is 26.2. The highest BCUT2D eigenvalue weighted by Crippen LogP contribution is 2.29. The van der Waals surface area contributed by atoms with Gasteiger partial charge in [-0.05, 0) is 55.9 Å². The fraction of sp³-hybridized carbons (Fsp3) is 0.333. The van der Waals surface area contributed by atoms with E-state index in [2.05, 4.69) is 34.8 Å². The predicted octanol–water partition coefficient (Wildman–Crippen LogP) is 4.92. The molecule has 2 aromatic carbocycles. The molecule has 3 N–H and O–H groups in total. The summed E-state index contributed by atoms with van der Waals surface area (Å²) in [5.74, 6) is 1.08. The van der Waals surface area contributed by atoms with Gasteiger partial charge in [-0.3, -0.25) is 14.0 Å². The quantitative estimate of drug-likeness (QED) is 0.298. The Balaban J connectivity index is 1.34. The Kier molecular flexibility index (Phi) is 6.31. The van der Waals surface area contributed by atoms with Gasteiger partial charge in [-0.1, -0.05) is 38.1 Å². The molecule has 6 rings (SSSR count). The van der Waals surface area contributed by atoms with E-state index in [1.54, 1.807) is 0 Å². The highest BCUT2D eigenvalue weighted by Gasteiger charge is 2.25. The number of hydrogen-bond donors (Lipinski definition) is 3. The second-order valence-electron chi connectivity index (χ2n) is 10.7. The number of nitrogens with one attached hydrogen (secondary N) is 3. The molecule has 194 valence electrons. The second kappa shape index (κ2) is 9.93. The summed E-state index contributed by atoms with van der Waals surface area (Å²) < 4.78 is 2.04. The van der Waals surface area contributed by atoms with Gasteiger partial charge in [0.1, 0.15) is 0 Å². The summed E-state index contributed by atoms with van der Waals surface area (Å²) in [6.07, 6.45) is 8.06. The minimum absolute atomic E-state index is 0.0295. The van der Waals surface area contributed by atoms with Crippen molar-refractivity contribution in [3.8, 4) is 22.5 Å². The number of benzene rings is 2. The van der Waals surface area contributed by atoms with Crippen LogP contribution in [-0.4, -0.2) is 44.8 Å². The number of aromatic nitrogens is 3. The normalized spacial score (nSPS) is 15.0. The lowest BCUT2D eigenvalue weighted by atomic mass is 10.1. The molecular formula is C30H32N6O2. The topological polar surface area (TPSA) is 100 Å². The van der Waals surface area contributed by atoms with Gasteiger partial charge in [0.05, 0.1) is 17.6 Å². The molecular weight excluding hydrogens is 476 g/mol. The Morgan fingerprint density at radius 1 is 0.868 bits per heavy atom. The lowest BCUT2D eigenvalue weighted by molar-refractivity contribution is 0.0942. The van der Waals surface area contributed by atoms with Crippen LogP contribution in [0.5, 0.6) is 0 Å². The van der Waals surface area contributed by atoms with E-state index in [1.165, 1.54) is 0 Å². The fourth-order valence-electron chi connectivity index (χ4n) is 4.34. The average molecular weight is 509 g/mol. The second-order valence-corrected chi connectivity index (χ2v) is 10.7. The van der Waals surface area contributed by atoms with E-state index >= 15 is 0 Å². The summed E-state index contributed by atoms with van der Waals surface area (Å²) in [5.41, 5.74) is 5.59. The molecule has 2 aliphatic carbocycles. The number of imidazole rings is 1. The maximum atomic E-state index is 12.4. The van der Waals surface area contributed by atoms with E-state index in [0.29, 0.717) is 34.9 Å². The minimum atomic E-state index is -0.0343. The van der Waals surface area contributed by atoms with Crippen molar-refractivity contribution in [1.82, 2.24) is 25.0 Å². The van der Waals surface area contributed by atoms with Crippen LogP contribution in [0.1, 0.15) is 60.2 Å². The molecule has 2 heterocycles. The third-order valence-corrected chi connectivity index (χ3v) is 6.88. The number of carbonyl (C=O) groups excluding carboxylic acids is 2. The summed E-state index contributed by atoms with van der Waals surface area (Å²) in [4.78, 5) is 34.5. The van der Waals surface area contributed by atoms with Gasteiger partial charge in [-0.15, -0.1) is 0 Å². The summed E-state index contributed by atoms with van der Waals surface area (Å²) in [5, 5.41) is 9.53. The molecule has 0 atom stereocenters. The molecule has 0 spiro atoms. The maximum absolute atomic E-state index is 12.4. The first-order valence-corrected chi connectivity index (χ1v) is 13.4. The molecule has 2 saturated carbocycles. The molecule has 0 bridgehead atoms. The van der Waals surface area contributed by atoms with Crippen molar-refractivity contribution in [3.05, 3.63) is 72.1 Å². The number of hydrogen-bond acceptors (Lipinski definition) is 5. The fourth-order valence-corrected chi connectivity index (χ4v) is 4.34. The Bertz CT molecular complexity index is 1480. The Morgan fingerprint density at radius 3 is 1.95 bits per heavy atom.